The van der Waals surface area contributed by atoms with Crippen molar-refractivity contribution < 1.29 is 23.0 Å². The van der Waals surface area contributed by atoms with E-state index in [1.54, 1.807) is 18.2 Å². The van der Waals surface area contributed by atoms with Gasteiger partial charge in [-0.3, -0.25) is 0 Å². The van der Waals surface area contributed by atoms with E-state index < -0.39 is 11.7 Å². The maximum absolute atomic E-state index is 13.5. The summed E-state index contributed by atoms with van der Waals surface area (Å²) in [5, 5.41) is 13.1. The first-order valence-corrected chi connectivity index (χ1v) is 10.7. The first-order chi connectivity index (χ1) is 15.4. The van der Waals surface area contributed by atoms with Crippen molar-refractivity contribution in [3.05, 3.63) is 89.5 Å². The van der Waals surface area contributed by atoms with Gasteiger partial charge in [-0.15, -0.1) is 0 Å². The molecule has 3 nitrogen and oxygen atoms in total. The fourth-order valence-corrected chi connectivity index (χ4v) is 4.37. The third kappa shape index (κ3) is 5.14. The summed E-state index contributed by atoms with van der Waals surface area (Å²) in [4.78, 5) is 0. The Labute approximate surface area is 185 Å². The summed E-state index contributed by atoms with van der Waals surface area (Å²) in [6.07, 6.45) is -2.65. The number of phenolic OH excluding ortho intramolecular Hbond substituents is 1. The minimum Gasteiger partial charge on any atom is -0.508 e. The molecule has 2 N–H and O–H groups in total. The number of halogens is 3. The predicted molar refractivity (Wildman–Crippen MR) is 118 cm³/mol. The number of benzene rings is 3. The van der Waals surface area contributed by atoms with Gasteiger partial charge in [0.15, 0.2) is 0 Å². The van der Waals surface area contributed by atoms with Crippen LogP contribution in [0.1, 0.15) is 29.5 Å². The van der Waals surface area contributed by atoms with Crippen LogP contribution in [0.25, 0.3) is 11.1 Å². The molecule has 1 fully saturated rings. The number of hydrogen-bond donors (Lipinski definition) is 2. The van der Waals surface area contributed by atoms with E-state index in [0.717, 1.165) is 38.1 Å². The maximum atomic E-state index is 13.5. The molecule has 0 saturated carbocycles. The van der Waals surface area contributed by atoms with Gasteiger partial charge in [0, 0.05) is 5.41 Å². The van der Waals surface area contributed by atoms with Crippen LogP contribution in [-0.2, 0) is 22.9 Å². The molecule has 4 rings (SSSR count). The zero-order valence-corrected chi connectivity index (χ0v) is 17.7. The van der Waals surface area contributed by atoms with Crippen molar-refractivity contribution in [1.29, 1.82) is 0 Å². The van der Waals surface area contributed by atoms with Crippen LogP contribution in [0.2, 0.25) is 0 Å². The van der Waals surface area contributed by atoms with Crippen LogP contribution in [0.3, 0.4) is 0 Å². The molecule has 32 heavy (non-hydrogen) atoms. The second-order valence-electron chi connectivity index (χ2n) is 8.36. The molecule has 1 heterocycles. The summed E-state index contributed by atoms with van der Waals surface area (Å²) in [6.45, 7) is 2.28. The molecule has 1 saturated heterocycles. The molecule has 0 spiro atoms. The highest BCUT2D eigenvalue weighted by Gasteiger charge is 2.34. The number of nitrogens with one attached hydrogen (secondary N) is 1. The molecule has 3 aromatic rings. The van der Waals surface area contributed by atoms with E-state index in [0.29, 0.717) is 23.3 Å². The van der Waals surface area contributed by atoms with Crippen LogP contribution >= 0.6 is 0 Å². The maximum Gasteiger partial charge on any atom is 0.416 e. The van der Waals surface area contributed by atoms with Crippen molar-refractivity contribution >= 4 is 0 Å². The van der Waals surface area contributed by atoms with Gasteiger partial charge >= 0.3 is 6.18 Å². The Morgan fingerprint density at radius 1 is 0.875 bits per heavy atom. The topological polar surface area (TPSA) is 41.5 Å². The van der Waals surface area contributed by atoms with E-state index >= 15 is 0 Å². The number of rotatable bonds is 6. The molecule has 0 amide bonds. The lowest BCUT2D eigenvalue weighted by Crippen LogP contribution is -2.43. The Morgan fingerprint density at radius 2 is 1.62 bits per heavy atom. The molecular weight excluding hydrogens is 415 g/mol. The highest BCUT2D eigenvalue weighted by molar-refractivity contribution is 5.66. The van der Waals surface area contributed by atoms with Crippen LogP contribution in [0.5, 0.6) is 5.75 Å². The summed E-state index contributed by atoms with van der Waals surface area (Å²) in [6, 6.07) is 20.4. The molecule has 1 aliphatic rings. The number of aromatic hydroxyl groups is 1. The molecule has 0 aromatic heterocycles. The lowest BCUT2D eigenvalue weighted by molar-refractivity contribution is -0.137. The van der Waals surface area contributed by atoms with Gasteiger partial charge in [-0.1, -0.05) is 42.5 Å². The molecular formula is C26H26F3NO2. The quantitative estimate of drug-likeness (QED) is 0.499. The molecule has 3 aromatic carbocycles. The fraction of sp³-hybridized carbons (Fsp3) is 0.308. The fourth-order valence-electron chi connectivity index (χ4n) is 4.37. The molecule has 0 bridgehead atoms. The number of piperidine rings is 1. The van der Waals surface area contributed by atoms with Crippen LogP contribution in [-0.4, -0.2) is 24.8 Å². The van der Waals surface area contributed by atoms with Gasteiger partial charge in [-0.05, 0) is 78.5 Å². The van der Waals surface area contributed by atoms with E-state index in [1.807, 2.05) is 18.2 Å². The Hall–Kier alpha value is -2.83. The van der Waals surface area contributed by atoms with Gasteiger partial charge in [0.25, 0.3) is 0 Å². The summed E-state index contributed by atoms with van der Waals surface area (Å²) in [5.41, 5.74) is 1.70. The highest BCUT2D eigenvalue weighted by Crippen LogP contribution is 2.36. The van der Waals surface area contributed by atoms with Crippen molar-refractivity contribution in [3.8, 4) is 16.9 Å². The molecule has 0 atom stereocenters. The first kappa shape index (κ1) is 22.4. The highest BCUT2D eigenvalue weighted by atomic mass is 19.4. The number of alkyl halides is 3. The van der Waals surface area contributed by atoms with E-state index in [9.17, 15) is 18.3 Å². The number of ether oxygens (including phenoxy) is 1. The van der Waals surface area contributed by atoms with Crippen LogP contribution < -0.4 is 5.32 Å². The lowest BCUT2D eigenvalue weighted by atomic mass is 9.74. The first-order valence-electron chi connectivity index (χ1n) is 10.7. The Balaban J connectivity index is 1.57. The van der Waals surface area contributed by atoms with Gasteiger partial charge in [0.1, 0.15) is 5.75 Å². The van der Waals surface area contributed by atoms with Gasteiger partial charge in [-0.2, -0.15) is 13.2 Å². The molecule has 0 aliphatic carbocycles. The minimum atomic E-state index is -4.47. The van der Waals surface area contributed by atoms with Crippen LogP contribution in [0, 0.1) is 0 Å². The third-order valence-corrected chi connectivity index (χ3v) is 6.09. The van der Waals surface area contributed by atoms with Crippen molar-refractivity contribution in [2.45, 2.75) is 31.0 Å². The molecule has 168 valence electrons. The smallest absolute Gasteiger partial charge is 0.416 e. The lowest BCUT2D eigenvalue weighted by Gasteiger charge is -2.38. The third-order valence-electron chi connectivity index (χ3n) is 6.09. The molecule has 6 heteroatoms. The van der Waals surface area contributed by atoms with E-state index in [2.05, 4.69) is 17.4 Å². The van der Waals surface area contributed by atoms with Crippen molar-refractivity contribution in [2.75, 3.05) is 19.7 Å². The standard InChI is InChI=1S/C26H26F3NO2/c27-26(28,29)23-14-19(13-21(15-23)20-5-4-8-24(31)16-20)17-32-18-25(9-11-30-12-10-25)22-6-2-1-3-7-22/h1-8,13-16,30-31H,9-12,17-18H2. The van der Waals surface area contributed by atoms with E-state index in [-0.39, 0.29) is 17.8 Å². The summed E-state index contributed by atoms with van der Waals surface area (Å²) >= 11 is 0. The molecule has 1 aliphatic heterocycles. The Kier molecular flexibility index (Phi) is 6.53. The predicted octanol–water partition coefficient (Wildman–Crippen LogP) is 5.92. The molecule has 0 radical (unpaired) electrons. The van der Waals surface area contributed by atoms with Crippen molar-refractivity contribution in [1.82, 2.24) is 5.32 Å². The van der Waals surface area contributed by atoms with Gasteiger partial charge in [0.05, 0.1) is 18.8 Å². The second kappa shape index (κ2) is 9.35. The van der Waals surface area contributed by atoms with E-state index in [1.165, 1.54) is 17.7 Å². The number of hydrogen-bond acceptors (Lipinski definition) is 3. The van der Waals surface area contributed by atoms with E-state index in [4.69, 9.17) is 4.74 Å². The Bertz CT molecular complexity index is 1040. The van der Waals surface area contributed by atoms with Crippen molar-refractivity contribution in [2.24, 2.45) is 0 Å². The van der Waals surface area contributed by atoms with Crippen LogP contribution in [0.4, 0.5) is 13.2 Å². The summed E-state index contributed by atoms with van der Waals surface area (Å²) in [5.74, 6) is 0.00780. The molecule has 0 unspecified atom stereocenters. The van der Waals surface area contributed by atoms with Gasteiger partial charge < -0.3 is 15.2 Å². The zero-order chi connectivity index (χ0) is 22.6. The zero-order valence-electron chi connectivity index (χ0n) is 17.7. The van der Waals surface area contributed by atoms with Crippen LogP contribution in [0.15, 0.2) is 72.8 Å². The minimum absolute atomic E-state index is 0.00780. The normalized spacial score (nSPS) is 16.1. The SMILES string of the molecule is Oc1cccc(-c2cc(COCC3(c4ccccc4)CCNCC3)cc(C(F)(F)F)c2)c1. The average molecular weight is 441 g/mol. The second-order valence-corrected chi connectivity index (χ2v) is 8.36. The van der Waals surface area contributed by atoms with Crippen molar-refractivity contribution in [3.63, 3.8) is 0 Å². The largest absolute Gasteiger partial charge is 0.508 e. The van der Waals surface area contributed by atoms with Gasteiger partial charge in [-0.25, -0.2) is 0 Å². The number of phenols is 1. The monoisotopic (exact) mass is 441 g/mol. The summed E-state index contributed by atoms with van der Waals surface area (Å²) in [7, 11) is 0. The average Bonchev–Trinajstić information content (AvgIpc) is 2.79. The van der Waals surface area contributed by atoms with Gasteiger partial charge in [0.2, 0.25) is 0 Å². The summed E-state index contributed by atoms with van der Waals surface area (Å²) < 4.78 is 46.7. The Morgan fingerprint density at radius 3 is 2.31 bits per heavy atom.